The van der Waals surface area contributed by atoms with Crippen molar-refractivity contribution in [3.8, 4) is 17.3 Å². The van der Waals surface area contributed by atoms with Gasteiger partial charge in [0.2, 0.25) is 0 Å². The summed E-state index contributed by atoms with van der Waals surface area (Å²) in [5.74, 6) is 0. The Kier molecular flexibility index (Phi) is 3.06. The highest BCUT2D eigenvalue weighted by Gasteiger charge is 2.12. The molecule has 3 nitrogen and oxygen atoms in total. The SMILES string of the molecule is CN(C)c1c(C#N)cccc1-c1ccccn1. The lowest BCUT2D eigenvalue weighted by atomic mass is 10.0. The lowest BCUT2D eigenvalue weighted by molar-refractivity contribution is 1.12. The monoisotopic (exact) mass is 223 g/mol. The largest absolute Gasteiger partial charge is 0.376 e. The second-order valence-electron chi connectivity index (χ2n) is 3.92. The van der Waals surface area contributed by atoms with E-state index >= 15 is 0 Å². The van der Waals surface area contributed by atoms with Gasteiger partial charge in [0.15, 0.2) is 0 Å². The Balaban J connectivity index is 2.67. The van der Waals surface area contributed by atoms with Gasteiger partial charge in [-0.3, -0.25) is 4.98 Å². The Labute approximate surface area is 101 Å². The molecule has 0 N–H and O–H groups in total. The van der Waals surface area contributed by atoms with Crippen molar-refractivity contribution in [2.45, 2.75) is 0 Å². The topological polar surface area (TPSA) is 39.9 Å². The third kappa shape index (κ3) is 2.11. The Hall–Kier alpha value is -2.34. The average molecular weight is 223 g/mol. The molecular formula is C14H13N3. The predicted octanol–water partition coefficient (Wildman–Crippen LogP) is 2.69. The highest BCUT2D eigenvalue weighted by atomic mass is 15.1. The van der Waals surface area contributed by atoms with Gasteiger partial charge in [0.25, 0.3) is 0 Å². The van der Waals surface area contributed by atoms with Gasteiger partial charge in [0.1, 0.15) is 6.07 Å². The average Bonchev–Trinajstić information content (AvgIpc) is 2.38. The van der Waals surface area contributed by atoms with Gasteiger partial charge in [0, 0.05) is 25.9 Å². The lowest BCUT2D eigenvalue weighted by Gasteiger charge is -2.18. The van der Waals surface area contributed by atoms with E-state index in [2.05, 4.69) is 11.1 Å². The Morgan fingerprint density at radius 2 is 1.94 bits per heavy atom. The summed E-state index contributed by atoms with van der Waals surface area (Å²) in [5, 5.41) is 9.14. The Bertz CT molecular complexity index is 553. The molecule has 84 valence electrons. The standard InChI is InChI=1S/C14H13N3/c1-17(2)14-11(10-15)6-5-7-12(14)13-8-3-4-9-16-13/h3-9H,1-2H3. The third-order valence-corrected chi connectivity index (χ3v) is 2.54. The molecule has 0 spiro atoms. The molecule has 0 radical (unpaired) electrons. The first-order valence-corrected chi connectivity index (χ1v) is 5.36. The number of pyridine rings is 1. The first-order chi connectivity index (χ1) is 8.24. The Morgan fingerprint density at radius 1 is 1.12 bits per heavy atom. The van der Waals surface area contributed by atoms with E-state index in [-0.39, 0.29) is 0 Å². The van der Waals surface area contributed by atoms with Gasteiger partial charge in [-0.2, -0.15) is 5.26 Å². The molecule has 0 atom stereocenters. The second-order valence-corrected chi connectivity index (χ2v) is 3.92. The molecule has 0 saturated heterocycles. The number of benzene rings is 1. The second kappa shape index (κ2) is 4.67. The van der Waals surface area contributed by atoms with E-state index in [0.717, 1.165) is 16.9 Å². The van der Waals surface area contributed by atoms with Crippen LogP contribution in [0, 0.1) is 11.3 Å². The van der Waals surface area contributed by atoms with Gasteiger partial charge in [-0.05, 0) is 18.2 Å². The minimum absolute atomic E-state index is 0.665. The van der Waals surface area contributed by atoms with Gasteiger partial charge >= 0.3 is 0 Å². The van der Waals surface area contributed by atoms with Gasteiger partial charge in [0.05, 0.1) is 16.9 Å². The van der Waals surface area contributed by atoms with Crippen LogP contribution in [0.3, 0.4) is 0 Å². The van der Waals surface area contributed by atoms with E-state index in [1.54, 1.807) is 6.20 Å². The van der Waals surface area contributed by atoms with Crippen molar-refractivity contribution in [2.24, 2.45) is 0 Å². The summed E-state index contributed by atoms with van der Waals surface area (Å²) in [7, 11) is 3.87. The molecule has 0 bridgehead atoms. The molecule has 0 aliphatic heterocycles. The highest BCUT2D eigenvalue weighted by Crippen LogP contribution is 2.31. The number of nitrogens with zero attached hydrogens (tertiary/aromatic N) is 3. The number of hydrogen-bond donors (Lipinski definition) is 0. The fourth-order valence-corrected chi connectivity index (χ4v) is 1.84. The van der Waals surface area contributed by atoms with Crippen molar-refractivity contribution in [3.05, 3.63) is 48.2 Å². The lowest BCUT2D eigenvalue weighted by Crippen LogP contribution is -2.12. The quantitative estimate of drug-likeness (QED) is 0.785. The summed E-state index contributed by atoms with van der Waals surface area (Å²) in [6.07, 6.45) is 1.76. The first-order valence-electron chi connectivity index (χ1n) is 5.36. The highest BCUT2D eigenvalue weighted by molar-refractivity contribution is 5.80. The molecule has 1 heterocycles. The maximum absolute atomic E-state index is 9.14. The van der Waals surface area contributed by atoms with E-state index in [0.29, 0.717) is 5.56 Å². The van der Waals surface area contributed by atoms with Crippen LogP contribution in [0.5, 0.6) is 0 Å². The molecule has 0 saturated carbocycles. The van der Waals surface area contributed by atoms with Crippen LogP contribution in [0.4, 0.5) is 5.69 Å². The molecular weight excluding hydrogens is 210 g/mol. The molecule has 2 rings (SSSR count). The van der Waals surface area contributed by atoms with Gasteiger partial charge in [-0.25, -0.2) is 0 Å². The predicted molar refractivity (Wildman–Crippen MR) is 68.7 cm³/mol. The first kappa shape index (κ1) is 11.2. The van der Waals surface area contributed by atoms with Crippen LogP contribution in [-0.4, -0.2) is 19.1 Å². The molecule has 0 fully saturated rings. The minimum Gasteiger partial charge on any atom is -0.376 e. The fraction of sp³-hybridized carbons (Fsp3) is 0.143. The van der Waals surface area contributed by atoms with Gasteiger partial charge in [-0.1, -0.05) is 18.2 Å². The number of nitriles is 1. The minimum atomic E-state index is 0.665. The van der Waals surface area contributed by atoms with E-state index in [1.165, 1.54) is 0 Å². The molecule has 1 aromatic heterocycles. The summed E-state index contributed by atoms with van der Waals surface area (Å²) in [4.78, 5) is 6.28. The van der Waals surface area contributed by atoms with Crippen LogP contribution in [0.15, 0.2) is 42.6 Å². The Morgan fingerprint density at radius 3 is 2.53 bits per heavy atom. The zero-order valence-corrected chi connectivity index (χ0v) is 9.88. The molecule has 17 heavy (non-hydrogen) atoms. The van der Waals surface area contributed by atoms with E-state index in [9.17, 15) is 0 Å². The van der Waals surface area contributed by atoms with Crippen LogP contribution >= 0.6 is 0 Å². The van der Waals surface area contributed by atoms with Crippen LogP contribution in [-0.2, 0) is 0 Å². The molecule has 1 aromatic carbocycles. The smallest absolute Gasteiger partial charge is 0.101 e. The molecule has 0 amide bonds. The van der Waals surface area contributed by atoms with Crippen LogP contribution < -0.4 is 4.90 Å². The van der Waals surface area contributed by atoms with E-state index in [1.807, 2.05) is 55.4 Å². The van der Waals surface area contributed by atoms with Crippen molar-refractivity contribution in [1.82, 2.24) is 4.98 Å². The fourth-order valence-electron chi connectivity index (χ4n) is 1.84. The zero-order valence-electron chi connectivity index (χ0n) is 9.88. The molecule has 0 aliphatic carbocycles. The number of anilines is 1. The number of para-hydroxylation sites is 1. The van der Waals surface area contributed by atoms with Crippen LogP contribution in [0.25, 0.3) is 11.3 Å². The molecule has 2 aromatic rings. The molecule has 0 unspecified atom stereocenters. The molecule has 3 heteroatoms. The molecule has 0 aliphatic rings. The maximum atomic E-state index is 9.14. The van der Waals surface area contributed by atoms with Crippen molar-refractivity contribution in [1.29, 1.82) is 5.26 Å². The van der Waals surface area contributed by atoms with Crippen LogP contribution in [0.1, 0.15) is 5.56 Å². The van der Waals surface area contributed by atoms with E-state index in [4.69, 9.17) is 5.26 Å². The number of aromatic nitrogens is 1. The zero-order chi connectivity index (χ0) is 12.3. The summed E-state index contributed by atoms with van der Waals surface area (Å²) in [6, 6.07) is 13.7. The number of rotatable bonds is 2. The number of hydrogen-bond acceptors (Lipinski definition) is 3. The van der Waals surface area contributed by atoms with Crippen molar-refractivity contribution < 1.29 is 0 Å². The van der Waals surface area contributed by atoms with Crippen molar-refractivity contribution >= 4 is 5.69 Å². The van der Waals surface area contributed by atoms with Gasteiger partial charge < -0.3 is 4.90 Å². The maximum Gasteiger partial charge on any atom is 0.101 e. The summed E-state index contributed by atoms with van der Waals surface area (Å²) in [6.45, 7) is 0. The van der Waals surface area contributed by atoms with Crippen molar-refractivity contribution in [3.63, 3.8) is 0 Å². The van der Waals surface area contributed by atoms with Crippen molar-refractivity contribution in [2.75, 3.05) is 19.0 Å². The summed E-state index contributed by atoms with van der Waals surface area (Å²) < 4.78 is 0. The van der Waals surface area contributed by atoms with Gasteiger partial charge in [-0.15, -0.1) is 0 Å². The summed E-state index contributed by atoms with van der Waals surface area (Å²) in [5.41, 5.74) is 3.44. The van der Waals surface area contributed by atoms with Crippen LogP contribution in [0.2, 0.25) is 0 Å². The summed E-state index contributed by atoms with van der Waals surface area (Å²) >= 11 is 0. The normalized spacial score (nSPS) is 9.71. The van der Waals surface area contributed by atoms with E-state index < -0.39 is 0 Å². The third-order valence-electron chi connectivity index (χ3n) is 2.54.